The lowest BCUT2D eigenvalue weighted by atomic mass is 9.88. The van der Waals surface area contributed by atoms with Crippen LogP contribution in [-0.2, 0) is 4.79 Å². The van der Waals surface area contributed by atoms with Crippen LogP contribution in [0.25, 0.3) is 0 Å². The highest BCUT2D eigenvalue weighted by Crippen LogP contribution is 2.23. The monoisotopic (exact) mass is 234 g/mol. The molecule has 1 amide bonds. The SMILES string of the molecule is CC(C)C(CNC(=O)CCN)c1ccccc1. The molecule has 1 aromatic rings. The van der Waals surface area contributed by atoms with Gasteiger partial charge in [0, 0.05) is 25.4 Å². The van der Waals surface area contributed by atoms with E-state index in [0.29, 0.717) is 31.3 Å². The molecule has 1 aromatic carbocycles. The summed E-state index contributed by atoms with van der Waals surface area (Å²) in [5.41, 5.74) is 6.62. The van der Waals surface area contributed by atoms with Gasteiger partial charge in [0.2, 0.25) is 5.91 Å². The smallest absolute Gasteiger partial charge is 0.221 e. The fourth-order valence-corrected chi connectivity index (χ4v) is 1.88. The summed E-state index contributed by atoms with van der Waals surface area (Å²) < 4.78 is 0. The van der Waals surface area contributed by atoms with E-state index in [2.05, 4.69) is 31.3 Å². The van der Waals surface area contributed by atoms with E-state index >= 15 is 0 Å². The first-order chi connectivity index (χ1) is 8.15. The summed E-state index contributed by atoms with van der Waals surface area (Å²) in [5.74, 6) is 0.891. The Morgan fingerprint density at radius 1 is 1.29 bits per heavy atom. The van der Waals surface area contributed by atoms with Crippen molar-refractivity contribution in [3.05, 3.63) is 35.9 Å². The number of nitrogens with two attached hydrogens (primary N) is 1. The van der Waals surface area contributed by atoms with Gasteiger partial charge in [-0.2, -0.15) is 0 Å². The molecule has 0 fully saturated rings. The van der Waals surface area contributed by atoms with Crippen LogP contribution in [0.1, 0.15) is 31.7 Å². The van der Waals surface area contributed by atoms with E-state index in [9.17, 15) is 4.79 Å². The van der Waals surface area contributed by atoms with Gasteiger partial charge in [0.25, 0.3) is 0 Å². The lowest BCUT2D eigenvalue weighted by Crippen LogP contribution is -2.31. The summed E-state index contributed by atoms with van der Waals surface area (Å²) in [4.78, 5) is 11.4. The van der Waals surface area contributed by atoms with Crippen LogP contribution < -0.4 is 11.1 Å². The van der Waals surface area contributed by atoms with Crippen LogP contribution in [0, 0.1) is 5.92 Å². The molecule has 17 heavy (non-hydrogen) atoms. The van der Waals surface area contributed by atoms with Crippen LogP contribution in [0.15, 0.2) is 30.3 Å². The first kappa shape index (κ1) is 13.7. The Balaban J connectivity index is 2.59. The molecule has 0 aliphatic carbocycles. The van der Waals surface area contributed by atoms with Gasteiger partial charge in [0.1, 0.15) is 0 Å². The third-order valence-electron chi connectivity index (χ3n) is 2.92. The maximum absolute atomic E-state index is 11.4. The van der Waals surface area contributed by atoms with Crippen LogP contribution in [0.4, 0.5) is 0 Å². The molecule has 1 atom stereocenters. The van der Waals surface area contributed by atoms with Crippen LogP contribution >= 0.6 is 0 Å². The molecular weight excluding hydrogens is 212 g/mol. The highest BCUT2D eigenvalue weighted by Gasteiger charge is 2.16. The molecule has 0 saturated carbocycles. The fourth-order valence-electron chi connectivity index (χ4n) is 1.88. The zero-order valence-electron chi connectivity index (χ0n) is 10.6. The third-order valence-corrected chi connectivity index (χ3v) is 2.92. The average molecular weight is 234 g/mol. The summed E-state index contributed by atoms with van der Waals surface area (Å²) in [6.45, 7) is 5.43. The van der Waals surface area contributed by atoms with Gasteiger partial charge in [-0.05, 0) is 11.5 Å². The molecule has 3 heteroatoms. The molecule has 0 aromatic heterocycles. The van der Waals surface area contributed by atoms with E-state index in [1.54, 1.807) is 0 Å². The molecular formula is C14H22N2O. The highest BCUT2D eigenvalue weighted by atomic mass is 16.1. The van der Waals surface area contributed by atoms with Crippen molar-refractivity contribution in [3.63, 3.8) is 0 Å². The van der Waals surface area contributed by atoms with Gasteiger partial charge in [-0.1, -0.05) is 44.2 Å². The molecule has 1 rings (SSSR count). The van der Waals surface area contributed by atoms with E-state index in [1.807, 2.05) is 18.2 Å². The Hall–Kier alpha value is -1.35. The number of hydrogen-bond donors (Lipinski definition) is 2. The Bertz CT molecular complexity index is 335. The van der Waals surface area contributed by atoms with Crippen molar-refractivity contribution < 1.29 is 4.79 Å². The number of amides is 1. The fraction of sp³-hybridized carbons (Fsp3) is 0.500. The number of hydrogen-bond acceptors (Lipinski definition) is 2. The molecule has 0 radical (unpaired) electrons. The second kappa shape index (κ2) is 7.07. The minimum absolute atomic E-state index is 0.0362. The van der Waals surface area contributed by atoms with Crippen molar-refractivity contribution in [2.75, 3.05) is 13.1 Å². The van der Waals surface area contributed by atoms with E-state index < -0.39 is 0 Å². The molecule has 0 spiro atoms. The van der Waals surface area contributed by atoms with Crippen molar-refractivity contribution >= 4 is 5.91 Å². The minimum Gasteiger partial charge on any atom is -0.355 e. The second-order valence-corrected chi connectivity index (χ2v) is 4.60. The number of benzene rings is 1. The predicted molar refractivity (Wildman–Crippen MR) is 70.7 cm³/mol. The largest absolute Gasteiger partial charge is 0.355 e. The van der Waals surface area contributed by atoms with Crippen LogP contribution in [0.2, 0.25) is 0 Å². The van der Waals surface area contributed by atoms with Crippen molar-refractivity contribution in [1.29, 1.82) is 0 Å². The lowest BCUT2D eigenvalue weighted by Gasteiger charge is -2.21. The Kier molecular flexibility index (Phi) is 5.70. The van der Waals surface area contributed by atoms with Crippen molar-refractivity contribution in [3.8, 4) is 0 Å². The van der Waals surface area contributed by atoms with Crippen molar-refractivity contribution in [2.45, 2.75) is 26.2 Å². The maximum Gasteiger partial charge on any atom is 0.221 e. The number of carbonyl (C=O) groups is 1. The summed E-state index contributed by atoms with van der Waals surface area (Å²) in [6, 6.07) is 10.3. The molecule has 94 valence electrons. The minimum atomic E-state index is 0.0362. The second-order valence-electron chi connectivity index (χ2n) is 4.60. The standard InChI is InChI=1S/C14H22N2O/c1-11(2)13(10-16-14(17)8-9-15)12-6-4-3-5-7-12/h3-7,11,13H,8-10,15H2,1-2H3,(H,16,17). The molecule has 0 bridgehead atoms. The van der Waals surface area contributed by atoms with Crippen molar-refractivity contribution in [2.24, 2.45) is 11.7 Å². The molecule has 0 saturated heterocycles. The lowest BCUT2D eigenvalue weighted by molar-refractivity contribution is -0.121. The van der Waals surface area contributed by atoms with Gasteiger partial charge in [-0.3, -0.25) is 4.79 Å². The van der Waals surface area contributed by atoms with Crippen LogP contribution in [0.3, 0.4) is 0 Å². The van der Waals surface area contributed by atoms with Gasteiger partial charge in [0.05, 0.1) is 0 Å². The highest BCUT2D eigenvalue weighted by molar-refractivity contribution is 5.76. The molecule has 0 aliphatic rings. The molecule has 0 aliphatic heterocycles. The molecule has 3 nitrogen and oxygen atoms in total. The van der Waals surface area contributed by atoms with Gasteiger partial charge in [-0.15, -0.1) is 0 Å². The van der Waals surface area contributed by atoms with Gasteiger partial charge < -0.3 is 11.1 Å². The number of nitrogens with one attached hydrogen (secondary N) is 1. The zero-order valence-corrected chi connectivity index (χ0v) is 10.6. The Labute approximate surface area is 103 Å². The summed E-state index contributed by atoms with van der Waals surface area (Å²) in [7, 11) is 0. The topological polar surface area (TPSA) is 55.1 Å². The summed E-state index contributed by atoms with van der Waals surface area (Å²) >= 11 is 0. The van der Waals surface area contributed by atoms with Gasteiger partial charge in [-0.25, -0.2) is 0 Å². The normalized spacial score (nSPS) is 12.5. The molecule has 0 heterocycles. The summed E-state index contributed by atoms with van der Waals surface area (Å²) in [6.07, 6.45) is 0.402. The average Bonchev–Trinajstić information content (AvgIpc) is 2.30. The summed E-state index contributed by atoms with van der Waals surface area (Å²) in [5, 5.41) is 2.94. The van der Waals surface area contributed by atoms with Crippen molar-refractivity contribution in [1.82, 2.24) is 5.32 Å². The Morgan fingerprint density at radius 3 is 2.47 bits per heavy atom. The maximum atomic E-state index is 11.4. The van der Waals surface area contributed by atoms with E-state index in [-0.39, 0.29) is 5.91 Å². The Morgan fingerprint density at radius 2 is 1.94 bits per heavy atom. The first-order valence-electron chi connectivity index (χ1n) is 6.17. The first-order valence-corrected chi connectivity index (χ1v) is 6.17. The predicted octanol–water partition coefficient (Wildman–Crippen LogP) is 1.89. The zero-order chi connectivity index (χ0) is 12.7. The number of rotatable bonds is 6. The molecule has 3 N–H and O–H groups in total. The number of carbonyl (C=O) groups excluding carboxylic acids is 1. The van der Waals surface area contributed by atoms with Crippen LogP contribution in [0.5, 0.6) is 0 Å². The van der Waals surface area contributed by atoms with Gasteiger partial charge >= 0.3 is 0 Å². The van der Waals surface area contributed by atoms with E-state index in [4.69, 9.17) is 5.73 Å². The van der Waals surface area contributed by atoms with E-state index in [1.165, 1.54) is 5.56 Å². The molecule has 1 unspecified atom stereocenters. The van der Waals surface area contributed by atoms with Gasteiger partial charge in [0.15, 0.2) is 0 Å². The van der Waals surface area contributed by atoms with Crippen LogP contribution in [-0.4, -0.2) is 19.0 Å². The third kappa shape index (κ3) is 4.57. The van der Waals surface area contributed by atoms with E-state index in [0.717, 1.165) is 0 Å². The quantitative estimate of drug-likeness (QED) is 0.789.